The molecule has 0 saturated carbocycles. The number of hydrogen-bond acceptors (Lipinski definition) is 2. The van der Waals surface area contributed by atoms with E-state index in [1.807, 2.05) is 31.2 Å². The van der Waals surface area contributed by atoms with Gasteiger partial charge in [0.05, 0.1) is 0 Å². The zero-order chi connectivity index (χ0) is 9.84. The van der Waals surface area contributed by atoms with Crippen LogP contribution in [0.15, 0.2) is 24.3 Å². The minimum atomic E-state index is -0.0951. The van der Waals surface area contributed by atoms with Gasteiger partial charge in [-0.2, -0.15) is 0 Å². The normalized spacial score (nSPS) is 15.4. The van der Waals surface area contributed by atoms with Crippen LogP contribution in [0.4, 0.5) is 0 Å². The number of rotatable bonds is 3. The van der Waals surface area contributed by atoms with Crippen LogP contribution in [0, 0.1) is 0 Å². The van der Waals surface area contributed by atoms with E-state index in [0.29, 0.717) is 0 Å². The van der Waals surface area contributed by atoms with E-state index in [1.54, 1.807) is 0 Å². The van der Waals surface area contributed by atoms with Gasteiger partial charge in [-0.3, -0.25) is 0 Å². The van der Waals surface area contributed by atoms with Crippen LogP contribution >= 0.6 is 11.6 Å². The molecule has 2 nitrogen and oxygen atoms in total. The molecule has 0 aliphatic carbocycles. The first-order valence-electron chi connectivity index (χ1n) is 4.41. The average molecular weight is 199 g/mol. The van der Waals surface area contributed by atoms with Crippen LogP contribution in [0.2, 0.25) is 5.02 Å². The molecule has 3 heteroatoms. The lowest BCUT2D eigenvalue weighted by Crippen LogP contribution is -2.33. The Bertz CT molecular complexity index is 258. The molecule has 0 amide bonds. The summed E-state index contributed by atoms with van der Waals surface area (Å²) in [6.07, 6.45) is 0.879. The molecule has 13 heavy (non-hydrogen) atoms. The monoisotopic (exact) mass is 198 g/mol. The van der Waals surface area contributed by atoms with Crippen molar-refractivity contribution in [2.75, 3.05) is 0 Å². The first-order chi connectivity index (χ1) is 6.15. The largest absolute Gasteiger partial charge is 0.326 e. The highest BCUT2D eigenvalue weighted by atomic mass is 35.5. The quantitative estimate of drug-likeness (QED) is 0.782. The Labute approximate surface area is 83.9 Å². The Morgan fingerprint density at radius 1 is 1.23 bits per heavy atom. The Morgan fingerprint density at radius 3 is 2.23 bits per heavy atom. The van der Waals surface area contributed by atoms with Gasteiger partial charge >= 0.3 is 0 Å². The van der Waals surface area contributed by atoms with Crippen molar-refractivity contribution < 1.29 is 0 Å². The number of benzene rings is 1. The average Bonchev–Trinajstić information content (AvgIpc) is 2.17. The highest BCUT2D eigenvalue weighted by Crippen LogP contribution is 2.17. The Balaban J connectivity index is 2.77. The summed E-state index contributed by atoms with van der Waals surface area (Å²) < 4.78 is 0. The second kappa shape index (κ2) is 4.61. The summed E-state index contributed by atoms with van der Waals surface area (Å²) in [7, 11) is 0. The highest BCUT2D eigenvalue weighted by Gasteiger charge is 2.12. The molecule has 2 unspecified atom stereocenters. The maximum absolute atomic E-state index is 5.93. The molecule has 0 fully saturated rings. The summed E-state index contributed by atoms with van der Waals surface area (Å²) in [6.45, 7) is 2.03. The number of hydrogen-bond donors (Lipinski definition) is 2. The van der Waals surface area contributed by atoms with Gasteiger partial charge in [0.15, 0.2) is 0 Å². The zero-order valence-corrected chi connectivity index (χ0v) is 8.46. The molecule has 72 valence electrons. The van der Waals surface area contributed by atoms with E-state index in [9.17, 15) is 0 Å². The minimum absolute atomic E-state index is 0.0150. The molecule has 1 aromatic rings. The number of halogens is 1. The first-order valence-corrected chi connectivity index (χ1v) is 4.79. The molecule has 1 rings (SSSR count). The maximum Gasteiger partial charge on any atom is 0.0448 e. The van der Waals surface area contributed by atoms with Crippen LogP contribution in [0.3, 0.4) is 0 Å². The molecule has 1 aromatic carbocycles. The lowest BCUT2D eigenvalue weighted by Gasteiger charge is -2.18. The van der Waals surface area contributed by atoms with Gasteiger partial charge < -0.3 is 11.5 Å². The molecular formula is C10H15ClN2. The summed E-state index contributed by atoms with van der Waals surface area (Å²) in [4.78, 5) is 0. The summed E-state index contributed by atoms with van der Waals surface area (Å²) in [5.41, 5.74) is 12.8. The lowest BCUT2D eigenvalue weighted by atomic mass is 9.99. The van der Waals surface area contributed by atoms with Crippen molar-refractivity contribution in [1.82, 2.24) is 0 Å². The van der Waals surface area contributed by atoms with Crippen LogP contribution in [0.5, 0.6) is 0 Å². The second-order valence-electron chi connectivity index (χ2n) is 3.15. The van der Waals surface area contributed by atoms with E-state index in [0.717, 1.165) is 17.0 Å². The summed E-state index contributed by atoms with van der Waals surface area (Å²) >= 11 is 5.76. The second-order valence-corrected chi connectivity index (χ2v) is 3.59. The van der Waals surface area contributed by atoms with Crippen molar-refractivity contribution in [3.05, 3.63) is 34.9 Å². The summed E-state index contributed by atoms with van der Waals surface area (Å²) in [6, 6.07) is 7.42. The van der Waals surface area contributed by atoms with Crippen molar-refractivity contribution >= 4 is 11.6 Å². The van der Waals surface area contributed by atoms with E-state index in [2.05, 4.69) is 0 Å². The zero-order valence-electron chi connectivity index (χ0n) is 7.70. The smallest absolute Gasteiger partial charge is 0.0448 e. The predicted octanol–water partition coefficient (Wildman–Crippen LogP) is 2.08. The fourth-order valence-corrected chi connectivity index (χ4v) is 1.31. The van der Waals surface area contributed by atoms with E-state index in [1.165, 1.54) is 0 Å². The molecule has 0 aliphatic heterocycles. The van der Waals surface area contributed by atoms with Crippen LogP contribution < -0.4 is 11.5 Å². The van der Waals surface area contributed by atoms with E-state index >= 15 is 0 Å². The predicted molar refractivity (Wildman–Crippen MR) is 56.6 cm³/mol. The third-order valence-electron chi connectivity index (χ3n) is 2.19. The van der Waals surface area contributed by atoms with Crippen LogP contribution in [0.1, 0.15) is 24.9 Å². The molecule has 0 heterocycles. The van der Waals surface area contributed by atoms with Gasteiger partial charge in [-0.05, 0) is 24.1 Å². The SMILES string of the molecule is CCC(N)C(N)c1ccc(Cl)cc1. The highest BCUT2D eigenvalue weighted by molar-refractivity contribution is 6.30. The van der Waals surface area contributed by atoms with Gasteiger partial charge in [0.25, 0.3) is 0 Å². The van der Waals surface area contributed by atoms with E-state index in [4.69, 9.17) is 23.1 Å². The van der Waals surface area contributed by atoms with Crippen LogP contribution in [-0.2, 0) is 0 Å². The Hall–Kier alpha value is -0.570. The lowest BCUT2D eigenvalue weighted by molar-refractivity contribution is 0.532. The Morgan fingerprint density at radius 2 is 1.77 bits per heavy atom. The molecule has 4 N–H and O–H groups in total. The van der Waals surface area contributed by atoms with Gasteiger partial charge in [-0.25, -0.2) is 0 Å². The van der Waals surface area contributed by atoms with Crippen molar-refractivity contribution in [2.45, 2.75) is 25.4 Å². The van der Waals surface area contributed by atoms with Gasteiger partial charge in [-0.1, -0.05) is 30.7 Å². The molecule has 0 saturated heterocycles. The minimum Gasteiger partial charge on any atom is -0.326 e. The molecular weight excluding hydrogens is 184 g/mol. The Kier molecular flexibility index (Phi) is 3.72. The van der Waals surface area contributed by atoms with Gasteiger partial charge in [0.2, 0.25) is 0 Å². The molecule has 0 bridgehead atoms. The fourth-order valence-electron chi connectivity index (χ4n) is 1.19. The van der Waals surface area contributed by atoms with Gasteiger partial charge in [-0.15, -0.1) is 0 Å². The molecule has 0 radical (unpaired) electrons. The summed E-state index contributed by atoms with van der Waals surface area (Å²) in [5, 5.41) is 0.723. The van der Waals surface area contributed by atoms with E-state index in [-0.39, 0.29) is 12.1 Å². The van der Waals surface area contributed by atoms with Gasteiger partial charge in [0.1, 0.15) is 0 Å². The standard InChI is InChI=1S/C10H15ClN2/c1-2-9(12)10(13)7-3-5-8(11)6-4-7/h3-6,9-10H,2,12-13H2,1H3. The number of nitrogens with two attached hydrogens (primary N) is 2. The van der Waals surface area contributed by atoms with Crippen molar-refractivity contribution in [3.63, 3.8) is 0 Å². The maximum atomic E-state index is 5.93. The van der Waals surface area contributed by atoms with Gasteiger partial charge in [0, 0.05) is 17.1 Å². The van der Waals surface area contributed by atoms with Crippen molar-refractivity contribution in [1.29, 1.82) is 0 Å². The molecule has 0 aromatic heterocycles. The fraction of sp³-hybridized carbons (Fsp3) is 0.400. The topological polar surface area (TPSA) is 52.0 Å². The third kappa shape index (κ3) is 2.69. The van der Waals surface area contributed by atoms with Crippen molar-refractivity contribution in [3.8, 4) is 0 Å². The van der Waals surface area contributed by atoms with Crippen molar-refractivity contribution in [2.24, 2.45) is 11.5 Å². The molecule has 0 aliphatic rings. The molecule has 2 atom stereocenters. The van der Waals surface area contributed by atoms with Crippen LogP contribution in [0.25, 0.3) is 0 Å². The van der Waals surface area contributed by atoms with E-state index < -0.39 is 0 Å². The third-order valence-corrected chi connectivity index (χ3v) is 2.44. The van der Waals surface area contributed by atoms with Crippen LogP contribution in [-0.4, -0.2) is 6.04 Å². The summed E-state index contributed by atoms with van der Waals surface area (Å²) in [5.74, 6) is 0. The first kappa shape index (κ1) is 10.5. The molecule has 0 spiro atoms.